The number of nitrogens with two attached hydrogens (primary N) is 7. The van der Waals surface area contributed by atoms with E-state index in [4.69, 9.17) is 40.1 Å². The molecule has 2 saturated heterocycles. The number of rotatable bonds is 42. The van der Waals surface area contributed by atoms with E-state index in [1.807, 2.05) is 20.1 Å². The fourth-order valence-electron chi connectivity index (χ4n) is 11.0. The number of likely N-dealkylation sites (tertiary alicyclic amines) is 2. The minimum absolute atomic E-state index is 0.0736. The Balaban J connectivity index is 1.56. The Hall–Kier alpha value is -8.91. The van der Waals surface area contributed by atoms with Crippen molar-refractivity contribution in [2.24, 2.45) is 51.0 Å². The Labute approximate surface area is 558 Å². The maximum absolute atomic E-state index is 14.7. The van der Waals surface area contributed by atoms with Gasteiger partial charge in [-0.25, -0.2) is 0 Å². The van der Waals surface area contributed by atoms with E-state index in [0.717, 1.165) is 0 Å². The van der Waals surface area contributed by atoms with Crippen LogP contribution in [-0.2, 0) is 75.2 Å². The van der Waals surface area contributed by atoms with E-state index in [-0.39, 0.29) is 83.0 Å². The number of aliphatic imine (C=N–C) groups is 1. The molecule has 10 atom stereocenters. The first-order valence-electron chi connectivity index (χ1n) is 32.2. The van der Waals surface area contributed by atoms with Gasteiger partial charge in [-0.3, -0.25) is 67.3 Å². The third-order valence-electron chi connectivity index (χ3n) is 16.0. The second-order valence-corrected chi connectivity index (χ2v) is 25.1. The zero-order valence-corrected chi connectivity index (χ0v) is 55.3. The van der Waals surface area contributed by atoms with Crippen molar-refractivity contribution in [2.45, 2.75) is 183 Å². The Morgan fingerprint density at radius 3 is 1.51 bits per heavy atom. The molecule has 2 aliphatic heterocycles. The summed E-state index contributed by atoms with van der Waals surface area (Å²) in [5, 5.41) is 21.1. The second-order valence-electron chi connectivity index (χ2n) is 24.1. The van der Waals surface area contributed by atoms with Crippen molar-refractivity contribution < 1.29 is 62.3 Å². The van der Waals surface area contributed by atoms with Crippen LogP contribution >= 0.6 is 11.8 Å². The molecule has 2 aliphatic rings. The summed E-state index contributed by atoms with van der Waals surface area (Å²) in [6, 6.07) is 4.51. The van der Waals surface area contributed by atoms with Crippen molar-refractivity contribution in [1.29, 1.82) is 0 Å². The predicted octanol–water partition coefficient (Wildman–Crippen LogP) is -3.71. The number of primary amides is 3. The monoisotopic (exact) mass is 1350 g/mol. The van der Waals surface area contributed by atoms with Crippen LogP contribution in [0.15, 0.2) is 65.7 Å². The molecule has 2 fully saturated rings. The number of hydrogen-bond donors (Lipinski definition) is 15. The van der Waals surface area contributed by atoms with Crippen LogP contribution in [0.3, 0.4) is 0 Å². The molecule has 2 aromatic rings. The molecule has 13 amide bonds. The van der Waals surface area contributed by atoms with E-state index in [1.165, 1.54) is 21.6 Å². The molecule has 0 saturated carbocycles. The molecule has 4 rings (SSSR count). The fourth-order valence-corrected chi connectivity index (χ4v) is 11.5. The van der Waals surface area contributed by atoms with Crippen molar-refractivity contribution in [1.82, 2.24) is 52.3 Å². The van der Waals surface area contributed by atoms with Crippen LogP contribution in [0.1, 0.15) is 121 Å². The number of nitrogens with one attached hydrogen (secondary N) is 8. The number of thioether (sulfide) groups is 1. The van der Waals surface area contributed by atoms with Gasteiger partial charge >= 0.3 is 0 Å². The molecule has 0 aromatic heterocycles. The van der Waals surface area contributed by atoms with E-state index in [1.54, 1.807) is 60.7 Å². The van der Waals surface area contributed by atoms with Gasteiger partial charge in [-0.05, 0) is 119 Å². The maximum atomic E-state index is 14.7. The van der Waals surface area contributed by atoms with Gasteiger partial charge in [-0.1, -0.05) is 74.5 Å². The lowest BCUT2D eigenvalue weighted by Crippen LogP contribution is -2.60. The van der Waals surface area contributed by atoms with Crippen LogP contribution in [0.5, 0.6) is 0 Å². The summed E-state index contributed by atoms with van der Waals surface area (Å²) in [6.07, 6.45) is 3.12. The topological polar surface area (TPSA) is 519 Å². The number of amides is 13. The molecule has 0 radical (unpaired) electrons. The van der Waals surface area contributed by atoms with Crippen molar-refractivity contribution in [3.05, 3.63) is 71.8 Å². The van der Waals surface area contributed by atoms with Gasteiger partial charge in [-0.15, -0.1) is 0 Å². The van der Waals surface area contributed by atoms with Crippen molar-refractivity contribution >= 4 is 94.5 Å². The average Bonchev–Trinajstić information content (AvgIpc) is 1.74. The van der Waals surface area contributed by atoms with E-state index >= 15 is 0 Å². The van der Waals surface area contributed by atoms with Crippen LogP contribution in [0.25, 0.3) is 0 Å². The summed E-state index contributed by atoms with van der Waals surface area (Å²) in [6.45, 7) is 3.86. The first-order chi connectivity index (χ1) is 45.2. The zero-order valence-electron chi connectivity index (χ0n) is 54.5. The summed E-state index contributed by atoms with van der Waals surface area (Å²) in [7, 11) is 0. The number of carbonyl (C=O) groups excluding carboxylic acids is 13. The van der Waals surface area contributed by atoms with Crippen LogP contribution < -0.4 is 82.7 Å². The van der Waals surface area contributed by atoms with Crippen LogP contribution in [0, 0.1) is 5.92 Å². The molecule has 0 aliphatic carbocycles. The van der Waals surface area contributed by atoms with Gasteiger partial charge in [0.2, 0.25) is 76.8 Å². The highest BCUT2D eigenvalue weighted by atomic mass is 32.2. The lowest BCUT2D eigenvalue weighted by atomic mass is 10.0. The highest BCUT2D eigenvalue weighted by Gasteiger charge is 2.42. The van der Waals surface area contributed by atoms with Crippen LogP contribution in [0.4, 0.5) is 0 Å². The number of nitrogens with zero attached hydrogens (tertiary/aromatic N) is 3. The molecule has 0 bridgehead atoms. The van der Waals surface area contributed by atoms with E-state index in [0.29, 0.717) is 55.4 Å². The first-order valence-corrected chi connectivity index (χ1v) is 33.6. The molecule has 31 nitrogen and oxygen atoms in total. The molecule has 0 spiro atoms. The van der Waals surface area contributed by atoms with Gasteiger partial charge in [0.15, 0.2) is 5.96 Å². The quantitative estimate of drug-likeness (QED) is 0.0173. The summed E-state index contributed by atoms with van der Waals surface area (Å²) < 4.78 is 0. The number of guanidine groups is 1. The SMILES string of the molecule is CSCCC(NC(=O)[C@H](CC(C)C)NC(=O)CNC(=O)[C@H](Cc1ccccc1)NC(=O)[C@H](Cc1ccccc1)NC(=O)[C@H](CCC(N)=O)NC(=O)[C@H](CCC(N)=O)NC(=O)[C@@H]1CCCN1C(=O)[C@H](CCCCN)NC(=O)[C@@H]1CCCN1C(=O)[C@@H](N)CCCN=C(N)N)C(N)=O. The Kier molecular flexibility index (Phi) is 33.9. The number of unbranched alkanes of at least 4 members (excludes halogenated alkanes) is 1. The summed E-state index contributed by atoms with van der Waals surface area (Å²) in [5.74, 6) is -9.80. The largest absolute Gasteiger partial charge is 0.370 e. The second kappa shape index (κ2) is 41.0. The summed E-state index contributed by atoms with van der Waals surface area (Å²) >= 11 is 1.45. The lowest BCUT2D eigenvalue weighted by Gasteiger charge is -2.32. The fraction of sp³-hybridized carbons (Fsp3) is 0.587. The zero-order chi connectivity index (χ0) is 70.1. The van der Waals surface area contributed by atoms with Gasteiger partial charge in [0.1, 0.15) is 54.4 Å². The Morgan fingerprint density at radius 2 is 1.01 bits per heavy atom. The van der Waals surface area contributed by atoms with Gasteiger partial charge in [0.25, 0.3) is 0 Å². The number of carbonyl (C=O) groups is 13. The molecule has 32 heteroatoms. The van der Waals surface area contributed by atoms with Gasteiger partial charge in [-0.2, -0.15) is 11.8 Å². The third-order valence-corrected chi connectivity index (χ3v) is 16.7. The highest BCUT2D eigenvalue weighted by Crippen LogP contribution is 2.24. The van der Waals surface area contributed by atoms with Crippen LogP contribution in [0.2, 0.25) is 0 Å². The Bertz CT molecular complexity index is 2960. The molecule has 2 heterocycles. The van der Waals surface area contributed by atoms with E-state index in [9.17, 15) is 62.3 Å². The molecule has 524 valence electrons. The van der Waals surface area contributed by atoms with Crippen molar-refractivity contribution in [3.63, 3.8) is 0 Å². The standard InChI is InChI=1S/C63H98N18O13S/c1-37(2)33-45(57(89)74-41(53(68)85)27-32-95-3)73-52(84)36-72-54(86)46(34-38-15-6-4-7-16-38)78-58(90)47(35-39-17-8-5-9-18-39)79-56(88)42(23-25-50(66)82)75-55(87)43(24-26-51(67)83)76-59(91)49-22-14-31-81(49)62(94)44(20-10-11-28-64)77-60(92)48-21-13-30-80(48)61(93)40(65)19-12-29-71-63(69)70/h4-9,15-18,37,40-49H,10-14,19-36,64-65H2,1-3H3,(H2,66,82)(H2,67,83)(H2,68,85)(H,72,86)(H,73,84)(H,74,89)(H,75,87)(H,76,91)(H,77,92)(H,78,90)(H,79,88)(H4,69,70,71)/t40-,41?,42-,43-,44-,45-,46-,47-,48-,49-/m0/s1. The van der Waals surface area contributed by atoms with Crippen LogP contribution in [-0.4, -0.2) is 198 Å². The molecule has 95 heavy (non-hydrogen) atoms. The average molecular weight is 1350 g/mol. The maximum Gasteiger partial charge on any atom is 0.245 e. The highest BCUT2D eigenvalue weighted by molar-refractivity contribution is 7.98. The Morgan fingerprint density at radius 1 is 0.537 bits per heavy atom. The summed E-state index contributed by atoms with van der Waals surface area (Å²) in [4.78, 5) is 185. The van der Waals surface area contributed by atoms with E-state index in [2.05, 4.69) is 47.5 Å². The van der Waals surface area contributed by atoms with E-state index < -0.39 is 169 Å². The minimum atomic E-state index is -1.64. The first kappa shape index (κ1) is 78.5. The number of benzene rings is 2. The van der Waals surface area contributed by atoms with Crippen molar-refractivity contribution in [3.8, 4) is 0 Å². The van der Waals surface area contributed by atoms with Gasteiger partial charge < -0.3 is 92.5 Å². The minimum Gasteiger partial charge on any atom is -0.370 e. The molecule has 22 N–H and O–H groups in total. The molecule has 1 unspecified atom stereocenters. The lowest BCUT2D eigenvalue weighted by molar-refractivity contribution is -0.144. The molecular formula is C63H98N18O13S. The number of hydrogen-bond acceptors (Lipinski definition) is 17. The van der Waals surface area contributed by atoms with Gasteiger partial charge in [0.05, 0.1) is 12.6 Å². The smallest absolute Gasteiger partial charge is 0.245 e. The summed E-state index contributed by atoms with van der Waals surface area (Å²) in [5.41, 5.74) is 40.6. The predicted molar refractivity (Wildman–Crippen MR) is 356 cm³/mol. The van der Waals surface area contributed by atoms with Crippen molar-refractivity contribution in [2.75, 3.05) is 44.7 Å². The molecule has 2 aromatic carbocycles. The third kappa shape index (κ3) is 27.5. The molecular weight excluding hydrogens is 1250 g/mol. The van der Waals surface area contributed by atoms with Gasteiger partial charge in [0, 0.05) is 45.3 Å². The normalized spacial score (nSPS) is 16.8.